The van der Waals surface area contributed by atoms with Crippen LogP contribution in [-0.4, -0.2) is 21.2 Å². The van der Waals surface area contributed by atoms with Crippen LogP contribution < -0.4 is 10.9 Å². The van der Waals surface area contributed by atoms with E-state index in [1.807, 2.05) is 0 Å². The van der Waals surface area contributed by atoms with Crippen LogP contribution in [0.25, 0.3) is 15.9 Å². The third-order valence-electron chi connectivity index (χ3n) is 4.33. The lowest BCUT2D eigenvalue weighted by Crippen LogP contribution is -2.22. The zero-order valence-electron chi connectivity index (χ0n) is 15.7. The van der Waals surface area contributed by atoms with Gasteiger partial charge in [-0.05, 0) is 54.3 Å². The van der Waals surface area contributed by atoms with Crippen LogP contribution in [0.2, 0.25) is 5.02 Å². The van der Waals surface area contributed by atoms with Gasteiger partial charge < -0.3 is 5.32 Å². The molecule has 0 aliphatic carbocycles. The molecule has 0 aliphatic rings. The van der Waals surface area contributed by atoms with Gasteiger partial charge in [0.1, 0.15) is 10.5 Å². The molecule has 0 atom stereocenters. The van der Waals surface area contributed by atoms with Crippen LogP contribution in [0, 0.1) is 12.7 Å². The maximum Gasteiger partial charge on any atom is 0.276 e. The summed E-state index contributed by atoms with van der Waals surface area (Å²) in [6.07, 6.45) is 0. The van der Waals surface area contributed by atoms with E-state index in [0.717, 1.165) is 11.8 Å². The topological polar surface area (TPSA) is 64.0 Å². The Labute approximate surface area is 184 Å². The molecule has 0 unspecified atom stereocenters. The van der Waals surface area contributed by atoms with Crippen molar-refractivity contribution in [2.75, 3.05) is 11.1 Å². The molecular formula is C21H15ClFN3O2S2. The van der Waals surface area contributed by atoms with Gasteiger partial charge in [-0.25, -0.2) is 9.37 Å². The molecule has 0 spiro atoms. The first-order valence-corrected chi connectivity index (χ1v) is 11.1. The molecule has 5 nitrogen and oxygen atoms in total. The number of thioether (sulfide) groups is 1. The lowest BCUT2D eigenvalue weighted by Gasteiger charge is -2.13. The Hall–Kier alpha value is -2.68. The largest absolute Gasteiger partial charge is 0.324 e. The summed E-state index contributed by atoms with van der Waals surface area (Å²) in [7, 11) is 0. The molecule has 0 saturated heterocycles. The van der Waals surface area contributed by atoms with Gasteiger partial charge in [0.2, 0.25) is 5.91 Å². The number of fused-ring (bicyclic) bond motifs is 1. The van der Waals surface area contributed by atoms with Crippen LogP contribution in [0.5, 0.6) is 0 Å². The highest BCUT2D eigenvalue weighted by atomic mass is 35.5. The molecule has 1 N–H and O–H groups in total. The number of benzene rings is 2. The Kier molecular flexibility index (Phi) is 5.90. The predicted octanol–water partition coefficient (Wildman–Crippen LogP) is 5.28. The fourth-order valence-electron chi connectivity index (χ4n) is 2.86. The second kappa shape index (κ2) is 8.59. The number of hydrogen-bond donors (Lipinski definition) is 1. The van der Waals surface area contributed by atoms with Crippen LogP contribution in [-0.2, 0) is 4.79 Å². The van der Waals surface area contributed by atoms with E-state index in [9.17, 15) is 14.0 Å². The minimum atomic E-state index is -0.356. The van der Waals surface area contributed by atoms with Crippen LogP contribution >= 0.6 is 34.7 Å². The number of rotatable bonds is 5. The summed E-state index contributed by atoms with van der Waals surface area (Å²) >= 11 is 8.50. The molecule has 30 heavy (non-hydrogen) atoms. The van der Waals surface area contributed by atoms with Crippen LogP contribution in [0.3, 0.4) is 0 Å². The fraction of sp³-hybridized carbons (Fsp3) is 0.0952. The number of nitrogens with zero attached hydrogens (tertiary/aromatic N) is 2. The average molecular weight is 460 g/mol. The van der Waals surface area contributed by atoms with Crippen LogP contribution in [0.15, 0.2) is 63.9 Å². The third kappa shape index (κ3) is 4.12. The van der Waals surface area contributed by atoms with Crippen molar-refractivity contribution in [3.05, 3.63) is 80.7 Å². The molecule has 0 radical (unpaired) electrons. The SMILES string of the molecule is Cc1cc(-n2c(SCC(=O)Nc3ccccc3Cl)nc3ccsc3c2=O)ccc1F. The summed E-state index contributed by atoms with van der Waals surface area (Å²) < 4.78 is 15.7. The van der Waals surface area contributed by atoms with E-state index in [1.54, 1.807) is 48.7 Å². The zero-order valence-corrected chi connectivity index (χ0v) is 18.1. The number of amides is 1. The second-order valence-corrected chi connectivity index (χ2v) is 8.69. The number of aryl methyl sites for hydroxylation is 1. The molecule has 2 aromatic carbocycles. The first-order valence-electron chi connectivity index (χ1n) is 8.88. The van der Waals surface area contributed by atoms with Gasteiger partial charge in [-0.1, -0.05) is 35.5 Å². The Balaban J connectivity index is 1.67. The number of nitrogens with one attached hydrogen (secondary N) is 1. The molecule has 2 heterocycles. The fourth-order valence-corrected chi connectivity index (χ4v) is 4.62. The van der Waals surface area contributed by atoms with Crippen molar-refractivity contribution in [1.82, 2.24) is 9.55 Å². The zero-order chi connectivity index (χ0) is 21.3. The lowest BCUT2D eigenvalue weighted by molar-refractivity contribution is -0.113. The van der Waals surface area contributed by atoms with E-state index < -0.39 is 0 Å². The van der Waals surface area contributed by atoms with Gasteiger partial charge in [-0.3, -0.25) is 14.2 Å². The lowest BCUT2D eigenvalue weighted by atomic mass is 10.2. The minimum absolute atomic E-state index is 0.0213. The van der Waals surface area contributed by atoms with Crippen molar-refractivity contribution >= 4 is 56.5 Å². The maximum atomic E-state index is 13.7. The van der Waals surface area contributed by atoms with Gasteiger partial charge in [0.05, 0.1) is 27.7 Å². The summed E-state index contributed by atoms with van der Waals surface area (Å²) in [6.45, 7) is 1.63. The molecule has 2 aromatic heterocycles. The summed E-state index contributed by atoms with van der Waals surface area (Å²) in [5.41, 5.74) is 1.73. The number of hydrogen-bond acceptors (Lipinski definition) is 5. The van der Waals surface area contributed by atoms with Crippen LogP contribution in [0.4, 0.5) is 10.1 Å². The van der Waals surface area contributed by atoms with Crippen molar-refractivity contribution in [1.29, 1.82) is 0 Å². The van der Waals surface area contributed by atoms with Crippen LogP contribution in [0.1, 0.15) is 5.56 Å². The van der Waals surface area contributed by atoms with Crippen molar-refractivity contribution in [2.45, 2.75) is 12.1 Å². The van der Waals surface area contributed by atoms with Gasteiger partial charge >= 0.3 is 0 Å². The molecule has 152 valence electrons. The van der Waals surface area contributed by atoms with Crippen molar-refractivity contribution in [2.24, 2.45) is 0 Å². The summed E-state index contributed by atoms with van der Waals surface area (Å²) in [6, 6.07) is 13.1. The molecule has 0 bridgehead atoms. The number of carbonyl (C=O) groups is 1. The summed E-state index contributed by atoms with van der Waals surface area (Å²) in [5.74, 6) is -0.618. The molecule has 0 fully saturated rings. The number of para-hydroxylation sites is 1. The number of carbonyl (C=O) groups excluding carboxylic acids is 1. The van der Waals surface area contributed by atoms with Gasteiger partial charge in [-0.2, -0.15) is 0 Å². The van der Waals surface area contributed by atoms with Gasteiger partial charge in [0, 0.05) is 0 Å². The van der Waals surface area contributed by atoms with E-state index in [1.165, 1.54) is 28.0 Å². The van der Waals surface area contributed by atoms with Crippen molar-refractivity contribution < 1.29 is 9.18 Å². The third-order valence-corrected chi connectivity index (χ3v) is 6.49. The van der Waals surface area contributed by atoms with E-state index in [2.05, 4.69) is 10.3 Å². The van der Waals surface area contributed by atoms with Gasteiger partial charge in [0.25, 0.3) is 5.56 Å². The van der Waals surface area contributed by atoms with Crippen molar-refractivity contribution in [3.8, 4) is 5.69 Å². The van der Waals surface area contributed by atoms with E-state index >= 15 is 0 Å². The van der Waals surface area contributed by atoms with Crippen molar-refractivity contribution in [3.63, 3.8) is 0 Å². The first kappa shape index (κ1) is 20.6. The Morgan fingerprint density at radius 1 is 1.27 bits per heavy atom. The Bertz CT molecular complexity index is 1320. The first-order chi connectivity index (χ1) is 14.4. The number of thiophene rings is 1. The average Bonchev–Trinajstić information content (AvgIpc) is 3.19. The van der Waals surface area contributed by atoms with E-state index in [-0.39, 0.29) is 23.0 Å². The highest BCUT2D eigenvalue weighted by Gasteiger charge is 2.16. The highest BCUT2D eigenvalue weighted by Crippen LogP contribution is 2.25. The molecule has 0 aliphatic heterocycles. The Morgan fingerprint density at radius 3 is 2.83 bits per heavy atom. The van der Waals surface area contributed by atoms with E-state index in [4.69, 9.17) is 11.6 Å². The maximum absolute atomic E-state index is 13.7. The molecule has 9 heteroatoms. The second-order valence-electron chi connectivity index (χ2n) is 6.42. The standard InChI is InChI=1S/C21H15ClFN3O2S2/c1-12-10-13(6-7-15(12)23)26-20(28)19-17(8-9-29-19)25-21(26)30-11-18(27)24-16-5-3-2-4-14(16)22/h2-10H,11H2,1H3,(H,24,27). The normalized spacial score (nSPS) is 11.0. The van der Waals surface area contributed by atoms with E-state index in [0.29, 0.717) is 37.3 Å². The molecule has 0 saturated carbocycles. The molecule has 1 amide bonds. The quantitative estimate of drug-likeness (QED) is 0.326. The number of aromatic nitrogens is 2. The van der Waals surface area contributed by atoms with Gasteiger partial charge in [0.15, 0.2) is 5.16 Å². The summed E-state index contributed by atoms with van der Waals surface area (Å²) in [4.78, 5) is 30.1. The molecule has 4 aromatic rings. The minimum Gasteiger partial charge on any atom is -0.324 e. The molecule has 4 rings (SSSR count). The Morgan fingerprint density at radius 2 is 2.07 bits per heavy atom. The number of halogens is 2. The monoisotopic (exact) mass is 459 g/mol. The number of anilines is 1. The predicted molar refractivity (Wildman–Crippen MR) is 121 cm³/mol. The smallest absolute Gasteiger partial charge is 0.276 e. The van der Waals surface area contributed by atoms with Gasteiger partial charge in [-0.15, -0.1) is 11.3 Å². The highest BCUT2D eigenvalue weighted by molar-refractivity contribution is 7.99. The summed E-state index contributed by atoms with van der Waals surface area (Å²) in [5, 5.41) is 5.33. The molecular weight excluding hydrogens is 445 g/mol.